The van der Waals surface area contributed by atoms with E-state index < -0.39 is 10.0 Å². The Morgan fingerprint density at radius 2 is 2.05 bits per heavy atom. The van der Waals surface area contributed by atoms with Crippen LogP contribution in [0.1, 0.15) is 19.8 Å². The molecule has 1 aromatic carbocycles. The molecule has 1 unspecified atom stereocenters. The van der Waals surface area contributed by atoms with Crippen LogP contribution >= 0.6 is 0 Å². The van der Waals surface area contributed by atoms with Crippen molar-refractivity contribution in [3.05, 3.63) is 24.3 Å². The van der Waals surface area contributed by atoms with Crippen molar-refractivity contribution in [3.8, 4) is 5.75 Å². The number of ether oxygens (including phenoxy) is 1. The summed E-state index contributed by atoms with van der Waals surface area (Å²) in [7, 11) is -1.56. The molecule has 1 atom stereocenters. The van der Waals surface area contributed by atoms with Gasteiger partial charge in [0.1, 0.15) is 5.75 Å². The van der Waals surface area contributed by atoms with Gasteiger partial charge in [-0.25, -0.2) is 8.42 Å². The van der Waals surface area contributed by atoms with Crippen molar-refractivity contribution in [1.29, 1.82) is 0 Å². The number of rotatable bonds is 6. The fourth-order valence-corrected chi connectivity index (χ4v) is 4.27. The number of hydrogen-bond acceptors (Lipinski definition) is 4. The number of hydrogen-bond donors (Lipinski definition) is 1. The summed E-state index contributed by atoms with van der Waals surface area (Å²) >= 11 is 0. The molecule has 1 heterocycles. The van der Waals surface area contributed by atoms with Gasteiger partial charge in [-0.05, 0) is 51.1 Å². The van der Waals surface area contributed by atoms with Gasteiger partial charge in [0.15, 0.2) is 0 Å². The molecule has 112 valence electrons. The van der Waals surface area contributed by atoms with Gasteiger partial charge in [-0.15, -0.1) is 0 Å². The first kappa shape index (κ1) is 15.3. The van der Waals surface area contributed by atoms with E-state index >= 15 is 0 Å². The Morgan fingerprint density at radius 3 is 2.65 bits per heavy atom. The summed E-state index contributed by atoms with van der Waals surface area (Å²) in [6.07, 6.45) is 1.83. The quantitative estimate of drug-likeness (QED) is 0.864. The lowest BCUT2D eigenvalue weighted by atomic mass is 10.2. The zero-order valence-electron chi connectivity index (χ0n) is 12.0. The Kier molecular flexibility index (Phi) is 5.01. The molecule has 1 aliphatic rings. The lowest BCUT2D eigenvalue weighted by molar-refractivity contribution is 0.340. The second-order valence-corrected chi connectivity index (χ2v) is 6.76. The molecule has 1 N–H and O–H groups in total. The smallest absolute Gasteiger partial charge is 0.243 e. The number of likely N-dealkylation sites (N-methyl/N-ethyl adjacent to an activating group) is 1. The molecule has 2 rings (SSSR count). The van der Waals surface area contributed by atoms with Gasteiger partial charge in [0.2, 0.25) is 10.0 Å². The SMILES string of the molecule is CCOc1ccc(S(=O)(=O)N2CCCC2CNC)cc1. The lowest BCUT2D eigenvalue weighted by Crippen LogP contribution is -2.40. The van der Waals surface area contributed by atoms with Crippen LogP contribution in [0.2, 0.25) is 0 Å². The standard InChI is InChI=1S/C14H22N2O3S/c1-3-19-13-6-8-14(9-7-13)20(17,18)16-10-4-5-12(16)11-15-2/h6-9,12,15H,3-5,10-11H2,1-2H3. The van der Waals surface area contributed by atoms with Crippen LogP contribution in [0.5, 0.6) is 5.75 Å². The first-order valence-electron chi connectivity index (χ1n) is 6.99. The van der Waals surface area contributed by atoms with Crippen LogP contribution in [0.25, 0.3) is 0 Å². The highest BCUT2D eigenvalue weighted by Gasteiger charge is 2.34. The summed E-state index contributed by atoms with van der Waals surface area (Å²) in [5.41, 5.74) is 0. The van der Waals surface area contributed by atoms with E-state index in [4.69, 9.17) is 4.74 Å². The van der Waals surface area contributed by atoms with Crippen molar-refractivity contribution in [3.63, 3.8) is 0 Å². The Labute approximate surface area is 121 Å². The second-order valence-electron chi connectivity index (χ2n) is 4.87. The van der Waals surface area contributed by atoms with Crippen LogP contribution in [0, 0.1) is 0 Å². The highest BCUT2D eigenvalue weighted by molar-refractivity contribution is 7.89. The summed E-state index contributed by atoms with van der Waals surface area (Å²) in [5, 5.41) is 3.06. The van der Waals surface area contributed by atoms with E-state index in [0.717, 1.165) is 12.8 Å². The number of nitrogens with zero attached hydrogens (tertiary/aromatic N) is 1. The van der Waals surface area contributed by atoms with Crippen molar-refractivity contribution in [2.75, 3.05) is 26.7 Å². The predicted molar refractivity (Wildman–Crippen MR) is 78.5 cm³/mol. The van der Waals surface area contributed by atoms with Gasteiger partial charge < -0.3 is 10.1 Å². The molecule has 0 amide bonds. The first-order chi connectivity index (χ1) is 9.59. The van der Waals surface area contributed by atoms with E-state index in [1.165, 1.54) is 0 Å². The van der Waals surface area contributed by atoms with Crippen molar-refractivity contribution < 1.29 is 13.2 Å². The zero-order valence-corrected chi connectivity index (χ0v) is 12.8. The van der Waals surface area contributed by atoms with Crippen molar-refractivity contribution in [1.82, 2.24) is 9.62 Å². The molecule has 1 saturated heterocycles. The maximum absolute atomic E-state index is 12.6. The molecular formula is C14H22N2O3S. The third-order valence-electron chi connectivity index (χ3n) is 3.50. The molecule has 1 fully saturated rings. The largest absolute Gasteiger partial charge is 0.494 e. The minimum Gasteiger partial charge on any atom is -0.494 e. The maximum Gasteiger partial charge on any atom is 0.243 e. The lowest BCUT2D eigenvalue weighted by Gasteiger charge is -2.23. The maximum atomic E-state index is 12.6. The van der Waals surface area contributed by atoms with Crippen LogP contribution in [-0.4, -0.2) is 45.5 Å². The Bertz CT molecular complexity index is 528. The van der Waals surface area contributed by atoms with Crippen molar-refractivity contribution >= 4 is 10.0 Å². The topological polar surface area (TPSA) is 58.6 Å². The number of sulfonamides is 1. The van der Waals surface area contributed by atoms with Crippen LogP contribution in [0.15, 0.2) is 29.2 Å². The molecule has 0 radical (unpaired) electrons. The summed E-state index contributed by atoms with van der Waals surface area (Å²) < 4.78 is 32.2. The third kappa shape index (κ3) is 3.13. The van der Waals surface area contributed by atoms with Crippen molar-refractivity contribution in [2.45, 2.75) is 30.7 Å². The normalized spacial score (nSPS) is 20.2. The van der Waals surface area contributed by atoms with Crippen LogP contribution in [-0.2, 0) is 10.0 Å². The summed E-state index contributed by atoms with van der Waals surface area (Å²) in [6.45, 7) is 3.76. The van der Waals surface area contributed by atoms with Gasteiger partial charge in [0.25, 0.3) is 0 Å². The van der Waals surface area contributed by atoms with Gasteiger partial charge >= 0.3 is 0 Å². The molecule has 0 spiro atoms. The summed E-state index contributed by atoms with van der Waals surface area (Å²) in [4.78, 5) is 0.337. The van der Waals surface area contributed by atoms with E-state index in [-0.39, 0.29) is 6.04 Å². The van der Waals surface area contributed by atoms with E-state index in [2.05, 4.69) is 5.32 Å². The minimum absolute atomic E-state index is 0.0524. The summed E-state index contributed by atoms with van der Waals surface area (Å²) in [6, 6.07) is 6.71. The average Bonchev–Trinajstić information content (AvgIpc) is 2.89. The van der Waals surface area contributed by atoms with E-state index in [1.807, 2.05) is 14.0 Å². The van der Waals surface area contributed by atoms with Crippen molar-refractivity contribution in [2.24, 2.45) is 0 Å². The second kappa shape index (κ2) is 6.56. The summed E-state index contributed by atoms with van der Waals surface area (Å²) in [5.74, 6) is 0.694. The molecular weight excluding hydrogens is 276 g/mol. The number of nitrogens with one attached hydrogen (secondary N) is 1. The van der Waals surface area contributed by atoms with E-state index in [9.17, 15) is 8.42 Å². The molecule has 6 heteroatoms. The molecule has 0 saturated carbocycles. The fraction of sp³-hybridized carbons (Fsp3) is 0.571. The highest BCUT2D eigenvalue weighted by atomic mass is 32.2. The van der Waals surface area contributed by atoms with Gasteiger partial charge in [0, 0.05) is 19.1 Å². The first-order valence-corrected chi connectivity index (χ1v) is 8.43. The van der Waals surface area contributed by atoms with Gasteiger partial charge in [-0.1, -0.05) is 0 Å². The molecule has 1 aliphatic heterocycles. The van der Waals surface area contributed by atoms with Gasteiger partial charge in [-0.3, -0.25) is 0 Å². The third-order valence-corrected chi connectivity index (χ3v) is 5.47. The molecule has 0 bridgehead atoms. The fourth-order valence-electron chi connectivity index (χ4n) is 2.58. The predicted octanol–water partition coefficient (Wildman–Crippen LogP) is 1.46. The monoisotopic (exact) mass is 298 g/mol. The van der Waals surface area contributed by atoms with E-state index in [0.29, 0.717) is 30.3 Å². The van der Waals surface area contributed by atoms with Gasteiger partial charge in [-0.2, -0.15) is 4.31 Å². The minimum atomic E-state index is -3.40. The number of benzene rings is 1. The Hall–Kier alpha value is -1.11. The molecule has 1 aromatic rings. The molecule has 0 aromatic heterocycles. The zero-order chi connectivity index (χ0) is 14.6. The molecule has 20 heavy (non-hydrogen) atoms. The van der Waals surface area contributed by atoms with Crippen LogP contribution in [0.3, 0.4) is 0 Å². The van der Waals surface area contributed by atoms with Crippen LogP contribution in [0.4, 0.5) is 0 Å². The average molecular weight is 298 g/mol. The highest BCUT2D eigenvalue weighted by Crippen LogP contribution is 2.26. The van der Waals surface area contributed by atoms with E-state index in [1.54, 1.807) is 28.6 Å². The van der Waals surface area contributed by atoms with Crippen LogP contribution < -0.4 is 10.1 Å². The van der Waals surface area contributed by atoms with Gasteiger partial charge in [0.05, 0.1) is 11.5 Å². The Morgan fingerprint density at radius 1 is 1.35 bits per heavy atom. The molecule has 5 nitrogen and oxygen atoms in total. The molecule has 0 aliphatic carbocycles. The Balaban J connectivity index is 2.21.